The highest BCUT2D eigenvalue weighted by Crippen LogP contribution is 2.36. The number of carbonyl (C=O) groups excluding carboxylic acids is 1. The average Bonchev–Trinajstić information content (AvgIpc) is 3.42. The molecule has 8 heteroatoms. The van der Waals surface area contributed by atoms with Crippen molar-refractivity contribution in [2.24, 2.45) is 0 Å². The van der Waals surface area contributed by atoms with Crippen LogP contribution in [0.4, 0.5) is 10.2 Å². The first-order valence-electron chi connectivity index (χ1n) is 10.2. The zero-order valence-corrected chi connectivity index (χ0v) is 16.5. The Balaban J connectivity index is 1.32. The van der Waals surface area contributed by atoms with Gasteiger partial charge in [0.15, 0.2) is 0 Å². The molecule has 2 atom stereocenters. The van der Waals surface area contributed by atoms with Crippen LogP contribution >= 0.6 is 0 Å². The molecule has 7 nitrogen and oxygen atoms in total. The highest BCUT2D eigenvalue weighted by Gasteiger charge is 2.44. The maximum atomic E-state index is 13.7. The Kier molecular flexibility index (Phi) is 3.65. The van der Waals surface area contributed by atoms with Crippen LogP contribution in [0.15, 0.2) is 36.8 Å². The maximum Gasteiger partial charge on any atom is 0.271 e. The number of nitrogens with one attached hydrogen (secondary N) is 2. The van der Waals surface area contributed by atoms with Gasteiger partial charge in [-0.25, -0.2) is 14.4 Å². The molecule has 2 bridgehead atoms. The van der Waals surface area contributed by atoms with E-state index >= 15 is 0 Å². The number of nitrogens with zero attached hydrogens (tertiary/aromatic N) is 4. The minimum absolute atomic E-state index is 0.00531. The number of H-pyrrole nitrogens is 2. The number of anilines is 1. The molecular weight excluding hydrogens is 383 g/mol. The zero-order valence-electron chi connectivity index (χ0n) is 16.5. The van der Waals surface area contributed by atoms with Gasteiger partial charge >= 0.3 is 0 Å². The Morgan fingerprint density at radius 1 is 1.13 bits per heavy atom. The summed E-state index contributed by atoms with van der Waals surface area (Å²) in [7, 11) is 0. The number of piperazine rings is 1. The second-order valence-electron chi connectivity index (χ2n) is 8.25. The van der Waals surface area contributed by atoms with E-state index in [9.17, 15) is 9.18 Å². The molecule has 152 valence electrons. The van der Waals surface area contributed by atoms with E-state index in [4.69, 9.17) is 0 Å². The lowest BCUT2D eigenvalue weighted by molar-refractivity contribution is 0.0635. The topological polar surface area (TPSA) is 80.9 Å². The fourth-order valence-electron chi connectivity index (χ4n) is 5.16. The van der Waals surface area contributed by atoms with Gasteiger partial charge < -0.3 is 19.8 Å². The first-order chi connectivity index (χ1) is 14.6. The summed E-state index contributed by atoms with van der Waals surface area (Å²) < 4.78 is 13.7. The van der Waals surface area contributed by atoms with Gasteiger partial charge in [0.05, 0.1) is 17.5 Å². The predicted octanol–water partition coefficient (Wildman–Crippen LogP) is 3.38. The third-order valence-electron chi connectivity index (χ3n) is 6.58. The predicted molar refractivity (Wildman–Crippen MR) is 112 cm³/mol. The Hall–Kier alpha value is -3.42. The van der Waals surface area contributed by atoms with Gasteiger partial charge in [0.25, 0.3) is 5.91 Å². The molecule has 30 heavy (non-hydrogen) atoms. The molecule has 0 aliphatic carbocycles. The first-order valence-corrected chi connectivity index (χ1v) is 10.2. The minimum Gasteiger partial charge on any atom is -0.352 e. The number of hydrogen-bond acceptors (Lipinski definition) is 4. The quantitative estimate of drug-likeness (QED) is 0.537. The Morgan fingerprint density at radius 2 is 1.93 bits per heavy atom. The number of rotatable bonds is 2. The Labute approximate surface area is 171 Å². The van der Waals surface area contributed by atoms with Crippen molar-refractivity contribution >= 4 is 33.7 Å². The van der Waals surface area contributed by atoms with E-state index in [1.165, 1.54) is 12.1 Å². The summed E-state index contributed by atoms with van der Waals surface area (Å²) in [6.07, 6.45) is 5.41. The van der Waals surface area contributed by atoms with Crippen molar-refractivity contribution in [1.29, 1.82) is 0 Å². The Morgan fingerprint density at radius 3 is 2.73 bits per heavy atom. The molecule has 2 saturated heterocycles. The van der Waals surface area contributed by atoms with Gasteiger partial charge in [-0.2, -0.15) is 0 Å². The molecule has 3 aromatic heterocycles. The summed E-state index contributed by atoms with van der Waals surface area (Å²) in [4.78, 5) is 33.0. The standard InChI is InChI=1S/C22H21FN6O/c1-12-17-8-13(23)2-5-18(17)27-19(12)22(30)29-14-3-4-15(29)10-28(9-14)21-16-6-7-24-20(16)25-11-26-21/h2,5-8,11,14-15,27H,3-4,9-10H2,1H3,(H,24,25,26). The van der Waals surface area contributed by atoms with Crippen LogP contribution in [-0.2, 0) is 0 Å². The van der Waals surface area contributed by atoms with Crippen LogP contribution < -0.4 is 4.90 Å². The van der Waals surface area contributed by atoms with E-state index in [0.29, 0.717) is 5.69 Å². The van der Waals surface area contributed by atoms with Gasteiger partial charge in [0.2, 0.25) is 0 Å². The lowest BCUT2D eigenvalue weighted by atomic mass is 10.1. The monoisotopic (exact) mass is 404 g/mol. The molecule has 2 aliphatic rings. The van der Waals surface area contributed by atoms with Crippen molar-refractivity contribution in [1.82, 2.24) is 24.8 Å². The van der Waals surface area contributed by atoms with Crippen LogP contribution in [0.25, 0.3) is 21.9 Å². The van der Waals surface area contributed by atoms with E-state index in [1.54, 1.807) is 12.4 Å². The first kappa shape index (κ1) is 17.4. The molecule has 2 fully saturated rings. The SMILES string of the molecule is Cc1c(C(=O)N2C3CCC2CN(c2ncnc4[nH]ccc24)C3)[nH]c2ccc(F)cc12. The summed E-state index contributed by atoms with van der Waals surface area (Å²) in [5, 5.41) is 1.77. The molecular formula is C22H21FN6O. The van der Waals surface area contributed by atoms with Crippen molar-refractivity contribution < 1.29 is 9.18 Å². The molecule has 1 aromatic carbocycles. The molecule has 2 aliphatic heterocycles. The molecule has 2 unspecified atom stereocenters. The molecule has 2 N–H and O–H groups in total. The number of aryl methyl sites for hydroxylation is 1. The molecule has 6 rings (SSSR count). The molecule has 0 radical (unpaired) electrons. The van der Waals surface area contributed by atoms with Gasteiger partial charge in [0.1, 0.15) is 29.3 Å². The van der Waals surface area contributed by atoms with Crippen LogP contribution in [0, 0.1) is 12.7 Å². The van der Waals surface area contributed by atoms with Crippen molar-refractivity contribution in [3.8, 4) is 0 Å². The van der Waals surface area contributed by atoms with Crippen molar-refractivity contribution in [3.05, 3.63) is 53.9 Å². The summed E-state index contributed by atoms with van der Waals surface area (Å²) in [5.41, 5.74) is 2.99. The third-order valence-corrected chi connectivity index (χ3v) is 6.58. The minimum atomic E-state index is -0.293. The molecule has 0 spiro atoms. The molecule has 1 amide bonds. The largest absolute Gasteiger partial charge is 0.352 e. The number of amides is 1. The van der Waals surface area contributed by atoms with Gasteiger partial charge in [-0.3, -0.25) is 4.79 Å². The summed E-state index contributed by atoms with van der Waals surface area (Å²) in [6.45, 7) is 3.37. The molecule has 4 aromatic rings. The number of aromatic amines is 2. The maximum absolute atomic E-state index is 13.7. The van der Waals surface area contributed by atoms with E-state index in [2.05, 4.69) is 24.8 Å². The second-order valence-corrected chi connectivity index (χ2v) is 8.25. The van der Waals surface area contributed by atoms with Crippen LogP contribution in [0.1, 0.15) is 28.9 Å². The van der Waals surface area contributed by atoms with Crippen molar-refractivity contribution in [2.45, 2.75) is 31.8 Å². The van der Waals surface area contributed by atoms with Crippen LogP contribution in [-0.4, -0.2) is 55.9 Å². The molecule has 0 saturated carbocycles. The summed E-state index contributed by atoms with van der Waals surface area (Å²) in [6, 6.07) is 6.85. The van der Waals surface area contributed by atoms with Gasteiger partial charge in [0, 0.05) is 30.2 Å². The highest BCUT2D eigenvalue weighted by atomic mass is 19.1. The summed E-state index contributed by atoms with van der Waals surface area (Å²) in [5.74, 6) is 0.631. The zero-order chi connectivity index (χ0) is 20.4. The highest BCUT2D eigenvalue weighted by molar-refractivity contribution is 6.01. The fraction of sp³-hybridized carbons (Fsp3) is 0.318. The van der Waals surface area contributed by atoms with Gasteiger partial charge in [-0.05, 0) is 49.6 Å². The van der Waals surface area contributed by atoms with Gasteiger partial charge in [-0.1, -0.05) is 0 Å². The van der Waals surface area contributed by atoms with Gasteiger partial charge in [-0.15, -0.1) is 0 Å². The van der Waals surface area contributed by atoms with E-state index < -0.39 is 0 Å². The number of aromatic nitrogens is 4. The van der Waals surface area contributed by atoms with Crippen LogP contribution in [0.2, 0.25) is 0 Å². The van der Waals surface area contributed by atoms with Crippen LogP contribution in [0.3, 0.4) is 0 Å². The van der Waals surface area contributed by atoms with E-state index in [1.807, 2.05) is 24.1 Å². The van der Waals surface area contributed by atoms with E-state index in [0.717, 1.165) is 59.2 Å². The number of hydrogen-bond donors (Lipinski definition) is 2. The second kappa shape index (κ2) is 6.29. The van der Waals surface area contributed by atoms with E-state index in [-0.39, 0.29) is 23.8 Å². The normalized spacial score (nSPS) is 21.1. The Bertz CT molecular complexity index is 1280. The van der Waals surface area contributed by atoms with Crippen molar-refractivity contribution in [3.63, 3.8) is 0 Å². The number of carbonyl (C=O) groups is 1. The number of halogens is 1. The lowest BCUT2D eigenvalue weighted by Gasteiger charge is -2.41. The fourth-order valence-corrected chi connectivity index (χ4v) is 5.16. The molecule has 5 heterocycles. The average molecular weight is 404 g/mol. The number of fused-ring (bicyclic) bond motifs is 4. The number of benzene rings is 1. The summed E-state index contributed by atoms with van der Waals surface area (Å²) >= 11 is 0. The lowest BCUT2D eigenvalue weighted by Crippen LogP contribution is -2.56. The van der Waals surface area contributed by atoms with Crippen LogP contribution in [0.5, 0.6) is 0 Å². The van der Waals surface area contributed by atoms with Crippen molar-refractivity contribution in [2.75, 3.05) is 18.0 Å². The third kappa shape index (κ3) is 2.46. The smallest absolute Gasteiger partial charge is 0.271 e.